The molecule has 0 amide bonds. The molecule has 0 saturated carbocycles. The van der Waals surface area contributed by atoms with Crippen LogP contribution < -0.4 is 0 Å². The molecular formula is C25H24. The second-order valence-electron chi connectivity index (χ2n) is 7.12. The summed E-state index contributed by atoms with van der Waals surface area (Å²) in [7, 11) is 0. The van der Waals surface area contributed by atoms with Gasteiger partial charge in [0.25, 0.3) is 0 Å². The third kappa shape index (κ3) is 2.72. The smallest absolute Gasteiger partial charge is 0.00707 e. The predicted molar refractivity (Wildman–Crippen MR) is 110 cm³/mol. The highest BCUT2D eigenvalue weighted by Crippen LogP contribution is 2.36. The van der Waals surface area contributed by atoms with Crippen molar-refractivity contribution in [2.24, 2.45) is 0 Å². The topological polar surface area (TPSA) is 0 Å². The lowest BCUT2D eigenvalue weighted by molar-refractivity contribution is 0.876. The predicted octanol–water partition coefficient (Wildman–Crippen LogP) is 7.35. The number of benzene rings is 4. The number of aryl methyl sites for hydroxylation is 1. The van der Waals surface area contributed by atoms with Crippen LogP contribution in [0.25, 0.3) is 32.7 Å². The van der Waals surface area contributed by atoms with E-state index in [1.165, 1.54) is 43.8 Å². The monoisotopic (exact) mass is 324 g/mol. The van der Waals surface area contributed by atoms with Crippen molar-refractivity contribution in [3.8, 4) is 11.1 Å². The first kappa shape index (κ1) is 15.9. The third-order valence-corrected chi connectivity index (χ3v) is 5.20. The van der Waals surface area contributed by atoms with Crippen molar-refractivity contribution in [2.75, 3.05) is 0 Å². The second kappa shape index (κ2) is 6.37. The van der Waals surface area contributed by atoms with Crippen LogP contribution in [0.15, 0.2) is 72.8 Å². The molecule has 124 valence electrons. The molecule has 0 atom stereocenters. The van der Waals surface area contributed by atoms with E-state index in [2.05, 4.69) is 93.6 Å². The van der Waals surface area contributed by atoms with Crippen molar-refractivity contribution >= 4 is 21.5 Å². The maximum Gasteiger partial charge on any atom is -0.00707 e. The molecule has 0 heterocycles. The van der Waals surface area contributed by atoms with Crippen molar-refractivity contribution < 1.29 is 0 Å². The van der Waals surface area contributed by atoms with Gasteiger partial charge in [-0.1, -0.05) is 87.5 Å². The van der Waals surface area contributed by atoms with Gasteiger partial charge in [0.2, 0.25) is 0 Å². The quantitative estimate of drug-likeness (QED) is 0.369. The number of fused-ring (bicyclic) bond motifs is 2. The first-order valence-electron chi connectivity index (χ1n) is 9.22. The largest absolute Gasteiger partial charge is 0.0616 e. The van der Waals surface area contributed by atoms with Gasteiger partial charge in [0, 0.05) is 0 Å². The fourth-order valence-electron chi connectivity index (χ4n) is 3.93. The summed E-state index contributed by atoms with van der Waals surface area (Å²) in [6.45, 7) is 6.81. The lowest BCUT2D eigenvalue weighted by atomic mass is 9.88. The van der Waals surface area contributed by atoms with Crippen molar-refractivity contribution in [1.29, 1.82) is 0 Å². The SMILES string of the molecule is CCc1cc(-c2cccc3cccc(C(C)C)c23)cc2ccccc12. The molecule has 0 aliphatic carbocycles. The zero-order chi connectivity index (χ0) is 17.4. The molecule has 0 nitrogen and oxygen atoms in total. The van der Waals surface area contributed by atoms with Gasteiger partial charge in [0.05, 0.1) is 0 Å². The van der Waals surface area contributed by atoms with Gasteiger partial charge in [-0.25, -0.2) is 0 Å². The van der Waals surface area contributed by atoms with E-state index in [1.54, 1.807) is 0 Å². The number of rotatable bonds is 3. The summed E-state index contributed by atoms with van der Waals surface area (Å²) in [6, 6.07) is 26.8. The van der Waals surface area contributed by atoms with Crippen LogP contribution >= 0.6 is 0 Å². The Balaban J connectivity index is 2.07. The normalized spacial score (nSPS) is 11.5. The molecular weight excluding hydrogens is 300 g/mol. The molecule has 4 rings (SSSR count). The Morgan fingerprint density at radius 2 is 1.48 bits per heavy atom. The molecule has 0 spiro atoms. The summed E-state index contributed by atoms with van der Waals surface area (Å²) in [4.78, 5) is 0. The molecule has 4 aromatic rings. The minimum Gasteiger partial charge on any atom is -0.0616 e. The Morgan fingerprint density at radius 1 is 0.760 bits per heavy atom. The summed E-state index contributed by atoms with van der Waals surface area (Å²) >= 11 is 0. The summed E-state index contributed by atoms with van der Waals surface area (Å²) in [6.07, 6.45) is 1.05. The molecule has 0 bridgehead atoms. The first-order chi connectivity index (χ1) is 12.2. The van der Waals surface area contributed by atoms with Gasteiger partial charge in [-0.05, 0) is 62.2 Å². The standard InChI is InChI=1S/C25H24/c1-4-18-15-21(16-20-9-5-6-12-23(18)20)24-14-8-11-19-10-7-13-22(17(2)3)25(19)24/h5-17H,4H2,1-3H3. The molecule has 0 aliphatic heterocycles. The van der Waals surface area contributed by atoms with Crippen LogP contribution in [-0.4, -0.2) is 0 Å². The molecule has 0 unspecified atom stereocenters. The summed E-state index contributed by atoms with van der Waals surface area (Å²) in [5.41, 5.74) is 5.53. The van der Waals surface area contributed by atoms with Crippen LogP contribution in [0.2, 0.25) is 0 Å². The lowest BCUT2D eigenvalue weighted by Gasteiger charge is -2.16. The van der Waals surface area contributed by atoms with Crippen molar-refractivity contribution in [2.45, 2.75) is 33.1 Å². The summed E-state index contributed by atoms with van der Waals surface area (Å²) < 4.78 is 0. The summed E-state index contributed by atoms with van der Waals surface area (Å²) in [5.74, 6) is 0.510. The van der Waals surface area contributed by atoms with Gasteiger partial charge in [-0.15, -0.1) is 0 Å². The van der Waals surface area contributed by atoms with E-state index < -0.39 is 0 Å². The van der Waals surface area contributed by atoms with Crippen LogP contribution in [-0.2, 0) is 6.42 Å². The fourth-order valence-corrected chi connectivity index (χ4v) is 3.93. The Morgan fingerprint density at radius 3 is 2.24 bits per heavy atom. The zero-order valence-electron chi connectivity index (χ0n) is 15.2. The van der Waals surface area contributed by atoms with Crippen LogP contribution in [0.3, 0.4) is 0 Å². The van der Waals surface area contributed by atoms with Gasteiger partial charge >= 0.3 is 0 Å². The van der Waals surface area contributed by atoms with E-state index in [-0.39, 0.29) is 0 Å². The average molecular weight is 324 g/mol. The van der Waals surface area contributed by atoms with Crippen molar-refractivity contribution in [1.82, 2.24) is 0 Å². The number of hydrogen-bond acceptors (Lipinski definition) is 0. The van der Waals surface area contributed by atoms with E-state index in [0.717, 1.165) is 6.42 Å². The lowest BCUT2D eigenvalue weighted by Crippen LogP contribution is -1.93. The van der Waals surface area contributed by atoms with Gasteiger partial charge < -0.3 is 0 Å². The third-order valence-electron chi connectivity index (χ3n) is 5.20. The Kier molecular flexibility index (Phi) is 4.05. The molecule has 0 fully saturated rings. The molecule has 0 N–H and O–H groups in total. The maximum absolute atomic E-state index is 2.38. The maximum atomic E-state index is 2.38. The van der Waals surface area contributed by atoms with Gasteiger partial charge in [-0.3, -0.25) is 0 Å². The van der Waals surface area contributed by atoms with Crippen LogP contribution in [0.4, 0.5) is 0 Å². The fraction of sp³-hybridized carbons (Fsp3) is 0.200. The van der Waals surface area contributed by atoms with Gasteiger partial charge in [0.1, 0.15) is 0 Å². The van der Waals surface area contributed by atoms with Crippen LogP contribution in [0, 0.1) is 0 Å². The Labute approximate surface area is 150 Å². The van der Waals surface area contributed by atoms with E-state index in [1.807, 2.05) is 0 Å². The minimum atomic E-state index is 0.510. The summed E-state index contributed by atoms with van der Waals surface area (Å²) in [5, 5.41) is 5.43. The van der Waals surface area contributed by atoms with E-state index in [4.69, 9.17) is 0 Å². The first-order valence-corrected chi connectivity index (χ1v) is 9.22. The highest BCUT2D eigenvalue weighted by Gasteiger charge is 2.12. The highest BCUT2D eigenvalue weighted by atomic mass is 14.2. The number of hydrogen-bond donors (Lipinski definition) is 0. The van der Waals surface area contributed by atoms with Crippen molar-refractivity contribution in [3.05, 3.63) is 83.9 Å². The molecule has 0 saturated heterocycles. The molecule has 0 radical (unpaired) electrons. The minimum absolute atomic E-state index is 0.510. The van der Waals surface area contributed by atoms with Gasteiger partial charge in [-0.2, -0.15) is 0 Å². The van der Waals surface area contributed by atoms with Crippen LogP contribution in [0.1, 0.15) is 37.8 Å². The van der Waals surface area contributed by atoms with E-state index >= 15 is 0 Å². The van der Waals surface area contributed by atoms with Crippen molar-refractivity contribution in [3.63, 3.8) is 0 Å². The Bertz CT molecular complexity index is 1050. The molecule has 4 aromatic carbocycles. The Hall–Kier alpha value is -2.60. The highest BCUT2D eigenvalue weighted by molar-refractivity contribution is 6.01. The molecule has 0 aromatic heterocycles. The van der Waals surface area contributed by atoms with E-state index in [0.29, 0.717) is 5.92 Å². The molecule has 25 heavy (non-hydrogen) atoms. The van der Waals surface area contributed by atoms with Crippen LogP contribution in [0.5, 0.6) is 0 Å². The molecule has 0 heteroatoms. The average Bonchev–Trinajstić information content (AvgIpc) is 2.66. The molecule has 0 aliphatic rings. The van der Waals surface area contributed by atoms with E-state index in [9.17, 15) is 0 Å². The zero-order valence-corrected chi connectivity index (χ0v) is 15.2. The van der Waals surface area contributed by atoms with Gasteiger partial charge in [0.15, 0.2) is 0 Å². The second-order valence-corrected chi connectivity index (χ2v) is 7.12.